The van der Waals surface area contributed by atoms with Crippen LogP contribution in [0.2, 0.25) is 0 Å². The van der Waals surface area contributed by atoms with Crippen molar-refractivity contribution in [3.8, 4) is 0 Å². The molecule has 0 fully saturated rings. The van der Waals surface area contributed by atoms with E-state index in [0.29, 0.717) is 25.3 Å². The van der Waals surface area contributed by atoms with Crippen molar-refractivity contribution in [2.24, 2.45) is 11.7 Å². The summed E-state index contributed by atoms with van der Waals surface area (Å²) in [6.45, 7) is 4.01. The molecule has 0 heterocycles. The fourth-order valence-corrected chi connectivity index (χ4v) is 1.05. The Balaban J connectivity index is 4.05. The zero-order valence-electron chi connectivity index (χ0n) is 9.56. The first kappa shape index (κ1) is 13.9. The fourth-order valence-electron chi connectivity index (χ4n) is 1.05. The third-order valence-electron chi connectivity index (χ3n) is 2.59. The van der Waals surface area contributed by atoms with Crippen LogP contribution in [0.25, 0.3) is 0 Å². The van der Waals surface area contributed by atoms with Gasteiger partial charge in [-0.25, -0.2) is 4.79 Å². The monoisotopic (exact) mass is 216 g/mol. The number of nitrogens with two attached hydrogens (primary N) is 1. The van der Waals surface area contributed by atoms with Crippen molar-refractivity contribution >= 4 is 11.9 Å². The van der Waals surface area contributed by atoms with Gasteiger partial charge in [0, 0.05) is 13.5 Å². The molecule has 5 nitrogen and oxygen atoms in total. The fraction of sp³-hybridized carbons (Fsp3) is 0.800. The van der Waals surface area contributed by atoms with Gasteiger partial charge in [0.05, 0.1) is 0 Å². The van der Waals surface area contributed by atoms with Crippen LogP contribution in [0.5, 0.6) is 0 Å². The summed E-state index contributed by atoms with van der Waals surface area (Å²) in [4.78, 5) is 23.4. The normalized spacial score (nSPS) is 14.4. The Morgan fingerprint density at radius 1 is 1.40 bits per heavy atom. The second-order valence-corrected chi connectivity index (χ2v) is 3.90. The van der Waals surface area contributed by atoms with Gasteiger partial charge in [0.2, 0.25) is 5.91 Å². The zero-order chi connectivity index (χ0) is 12.0. The molecule has 0 rings (SSSR count). The average molecular weight is 216 g/mol. The Morgan fingerprint density at radius 3 is 2.33 bits per heavy atom. The molecule has 0 aliphatic carbocycles. The van der Waals surface area contributed by atoms with Crippen molar-refractivity contribution in [2.45, 2.75) is 32.7 Å². The molecule has 0 aliphatic heterocycles. The first-order chi connectivity index (χ1) is 6.90. The van der Waals surface area contributed by atoms with Gasteiger partial charge in [-0.1, -0.05) is 6.92 Å². The highest BCUT2D eigenvalue weighted by Gasteiger charge is 2.21. The molecule has 1 amide bonds. The van der Waals surface area contributed by atoms with Crippen LogP contribution in [0.15, 0.2) is 0 Å². The van der Waals surface area contributed by atoms with Gasteiger partial charge < -0.3 is 15.7 Å². The summed E-state index contributed by atoms with van der Waals surface area (Å²) in [6, 6.07) is -0.773. The van der Waals surface area contributed by atoms with E-state index in [1.54, 1.807) is 0 Å². The van der Waals surface area contributed by atoms with E-state index in [2.05, 4.69) is 0 Å². The second kappa shape index (κ2) is 6.40. The van der Waals surface area contributed by atoms with Crippen LogP contribution in [-0.4, -0.2) is 41.5 Å². The summed E-state index contributed by atoms with van der Waals surface area (Å²) in [6.07, 6.45) is 1.05. The number of aliphatic carboxylic acids is 1. The molecule has 3 N–H and O–H groups in total. The Labute approximate surface area is 90.2 Å². The van der Waals surface area contributed by atoms with E-state index in [1.807, 2.05) is 6.92 Å². The van der Waals surface area contributed by atoms with Gasteiger partial charge in [-0.2, -0.15) is 0 Å². The Bertz CT molecular complexity index is 231. The molecule has 2 atom stereocenters. The Hall–Kier alpha value is -1.10. The number of carbonyl (C=O) groups excluding carboxylic acids is 1. The van der Waals surface area contributed by atoms with Gasteiger partial charge in [0.1, 0.15) is 6.04 Å². The van der Waals surface area contributed by atoms with Crippen molar-refractivity contribution in [3.63, 3.8) is 0 Å². The first-order valence-electron chi connectivity index (χ1n) is 5.08. The van der Waals surface area contributed by atoms with Crippen LogP contribution in [0.4, 0.5) is 0 Å². The maximum atomic E-state index is 11.5. The molecule has 5 heteroatoms. The van der Waals surface area contributed by atoms with E-state index >= 15 is 0 Å². The van der Waals surface area contributed by atoms with Crippen molar-refractivity contribution in [2.75, 3.05) is 13.6 Å². The van der Waals surface area contributed by atoms with Crippen LogP contribution in [0.1, 0.15) is 26.7 Å². The SMILES string of the molecule is CC(CN)CCC(=O)N(C)C(C)C(=O)O. The summed E-state index contributed by atoms with van der Waals surface area (Å²) in [7, 11) is 1.51. The third kappa shape index (κ3) is 4.78. The van der Waals surface area contributed by atoms with Gasteiger partial charge in [-0.05, 0) is 25.8 Å². The number of amides is 1. The lowest BCUT2D eigenvalue weighted by Crippen LogP contribution is -2.40. The maximum absolute atomic E-state index is 11.5. The minimum Gasteiger partial charge on any atom is -0.480 e. The predicted octanol–water partition coefficient (Wildman–Crippen LogP) is 0.293. The second-order valence-electron chi connectivity index (χ2n) is 3.90. The summed E-state index contributed by atoms with van der Waals surface area (Å²) < 4.78 is 0. The number of hydrogen-bond donors (Lipinski definition) is 2. The van der Waals surface area contributed by atoms with Crippen molar-refractivity contribution in [1.29, 1.82) is 0 Å². The minimum absolute atomic E-state index is 0.148. The standard InChI is InChI=1S/C10H20N2O3/c1-7(6-11)4-5-9(13)12(3)8(2)10(14)15/h7-8H,4-6,11H2,1-3H3,(H,14,15). The van der Waals surface area contributed by atoms with Gasteiger partial charge in [-0.15, -0.1) is 0 Å². The molecule has 0 saturated carbocycles. The van der Waals surface area contributed by atoms with Gasteiger partial charge in [0.25, 0.3) is 0 Å². The number of likely N-dealkylation sites (N-methyl/N-ethyl adjacent to an activating group) is 1. The van der Waals surface area contributed by atoms with E-state index in [4.69, 9.17) is 10.8 Å². The zero-order valence-corrected chi connectivity index (χ0v) is 9.56. The molecular weight excluding hydrogens is 196 g/mol. The highest BCUT2D eigenvalue weighted by molar-refractivity contribution is 5.83. The maximum Gasteiger partial charge on any atom is 0.326 e. The lowest BCUT2D eigenvalue weighted by atomic mass is 10.1. The minimum atomic E-state index is -0.988. The number of carboxylic acids is 1. The topological polar surface area (TPSA) is 83.6 Å². The van der Waals surface area contributed by atoms with Crippen LogP contribution in [0, 0.1) is 5.92 Å². The Morgan fingerprint density at radius 2 is 1.93 bits per heavy atom. The molecule has 0 aromatic carbocycles. The third-order valence-corrected chi connectivity index (χ3v) is 2.59. The van der Waals surface area contributed by atoms with Gasteiger partial charge in [-0.3, -0.25) is 4.79 Å². The van der Waals surface area contributed by atoms with E-state index < -0.39 is 12.0 Å². The van der Waals surface area contributed by atoms with E-state index in [9.17, 15) is 9.59 Å². The molecule has 15 heavy (non-hydrogen) atoms. The lowest BCUT2D eigenvalue weighted by Gasteiger charge is -2.22. The molecule has 88 valence electrons. The van der Waals surface area contributed by atoms with Gasteiger partial charge >= 0.3 is 5.97 Å². The van der Waals surface area contributed by atoms with Crippen LogP contribution < -0.4 is 5.73 Å². The molecular formula is C10H20N2O3. The predicted molar refractivity (Wildman–Crippen MR) is 57.3 cm³/mol. The molecule has 0 radical (unpaired) electrons. The Kier molecular flexibility index (Phi) is 5.93. The summed E-state index contributed by atoms with van der Waals surface area (Å²) in [5.74, 6) is -0.842. The summed E-state index contributed by atoms with van der Waals surface area (Å²) in [5.41, 5.74) is 5.42. The molecule has 0 bridgehead atoms. The van der Waals surface area contributed by atoms with Crippen LogP contribution in [0.3, 0.4) is 0 Å². The van der Waals surface area contributed by atoms with Crippen molar-refractivity contribution < 1.29 is 14.7 Å². The van der Waals surface area contributed by atoms with E-state index in [1.165, 1.54) is 18.9 Å². The number of carboxylic acid groups (broad SMARTS) is 1. The molecule has 2 unspecified atom stereocenters. The van der Waals surface area contributed by atoms with E-state index in [0.717, 1.165) is 0 Å². The quantitative estimate of drug-likeness (QED) is 0.668. The van der Waals surface area contributed by atoms with E-state index in [-0.39, 0.29) is 5.91 Å². The lowest BCUT2D eigenvalue weighted by molar-refractivity contribution is -0.148. The highest BCUT2D eigenvalue weighted by atomic mass is 16.4. The van der Waals surface area contributed by atoms with Crippen LogP contribution in [-0.2, 0) is 9.59 Å². The first-order valence-corrected chi connectivity index (χ1v) is 5.08. The van der Waals surface area contributed by atoms with Crippen molar-refractivity contribution in [1.82, 2.24) is 4.90 Å². The summed E-state index contributed by atoms with van der Waals surface area (Å²) in [5, 5.41) is 8.71. The highest BCUT2D eigenvalue weighted by Crippen LogP contribution is 2.07. The number of hydrogen-bond acceptors (Lipinski definition) is 3. The molecule has 0 aliphatic rings. The number of nitrogens with zero attached hydrogens (tertiary/aromatic N) is 1. The number of carbonyl (C=O) groups is 2. The number of rotatable bonds is 6. The van der Waals surface area contributed by atoms with Crippen molar-refractivity contribution in [3.05, 3.63) is 0 Å². The largest absolute Gasteiger partial charge is 0.480 e. The molecule has 0 aromatic rings. The molecule has 0 spiro atoms. The molecule has 0 saturated heterocycles. The summed E-state index contributed by atoms with van der Waals surface area (Å²) >= 11 is 0. The molecule has 0 aromatic heterocycles. The average Bonchev–Trinajstić information content (AvgIpc) is 2.22. The van der Waals surface area contributed by atoms with Gasteiger partial charge in [0.15, 0.2) is 0 Å². The van der Waals surface area contributed by atoms with Crippen LogP contribution >= 0.6 is 0 Å². The smallest absolute Gasteiger partial charge is 0.326 e.